The van der Waals surface area contributed by atoms with E-state index in [2.05, 4.69) is 25.4 Å². The Morgan fingerprint density at radius 2 is 1.93 bits per heavy atom. The van der Waals surface area contributed by atoms with E-state index in [-0.39, 0.29) is 23.7 Å². The number of hydrogen-bond donors (Lipinski definition) is 2. The van der Waals surface area contributed by atoms with Crippen molar-refractivity contribution in [2.75, 3.05) is 13.1 Å². The number of para-hydroxylation sites is 1. The maximum atomic E-state index is 13.3. The molecule has 0 spiro atoms. The lowest BCUT2D eigenvalue weighted by atomic mass is 9.98. The Balaban J connectivity index is 1.64. The molecule has 0 bridgehead atoms. The Bertz CT molecular complexity index is 1090. The van der Waals surface area contributed by atoms with Gasteiger partial charge in [0.05, 0.1) is 17.7 Å². The van der Waals surface area contributed by atoms with Gasteiger partial charge in [0.2, 0.25) is 0 Å². The number of aromatic amines is 1. The normalized spacial score (nSPS) is 20.2. The number of fused-ring (bicyclic) bond motifs is 1. The van der Waals surface area contributed by atoms with Gasteiger partial charge in [0.15, 0.2) is 5.82 Å². The van der Waals surface area contributed by atoms with Gasteiger partial charge in [-0.3, -0.25) is 9.69 Å². The predicted octanol–water partition coefficient (Wildman–Crippen LogP) is 2.48. The van der Waals surface area contributed by atoms with Gasteiger partial charge in [0, 0.05) is 18.7 Å². The molecule has 30 heavy (non-hydrogen) atoms. The zero-order valence-corrected chi connectivity index (χ0v) is 17.3. The molecule has 2 N–H and O–H groups in total. The topological polar surface area (TPSA) is 99.9 Å². The van der Waals surface area contributed by atoms with Gasteiger partial charge >= 0.3 is 0 Å². The van der Waals surface area contributed by atoms with E-state index in [1.807, 2.05) is 35.9 Å². The highest BCUT2D eigenvalue weighted by Gasteiger charge is 2.34. The van der Waals surface area contributed by atoms with E-state index in [0.29, 0.717) is 31.5 Å². The Morgan fingerprint density at radius 3 is 2.70 bits per heavy atom. The first-order valence-corrected chi connectivity index (χ1v) is 10.9. The molecule has 1 aliphatic heterocycles. The molecule has 158 valence electrons. The van der Waals surface area contributed by atoms with Crippen molar-refractivity contribution in [3.63, 3.8) is 0 Å². The van der Waals surface area contributed by atoms with E-state index in [4.69, 9.17) is 0 Å². The summed E-state index contributed by atoms with van der Waals surface area (Å²) < 4.78 is 1.95. The third kappa shape index (κ3) is 3.44. The van der Waals surface area contributed by atoms with Crippen LogP contribution in [0.3, 0.4) is 0 Å². The molecule has 3 heterocycles. The molecule has 3 aromatic rings. The van der Waals surface area contributed by atoms with Gasteiger partial charge < -0.3 is 10.1 Å². The Hall–Kier alpha value is -2.58. The second kappa shape index (κ2) is 7.92. The number of likely N-dealkylation sites (tertiary alicyclic amines) is 1. The van der Waals surface area contributed by atoms with Crippen molar-refractivity contribution >= 4 is 10.9 Å². The molecule has 0 radical (unpaired) electrons. The minimum atomic E-state index is -0.332. The van der Waals surface area contributed by atoms with Crippen LogP contribution in [0.5, 0.6) is 0 Å². The molecule has 2 aromatic heterocycles. The predicted molar refractivity (Wildman–Crippen MR) is 113 cm³/mol. The van der Waals surface area contributed by atoms with Crippen LogP contribution in [0.1, 0.15) is 67.6 Å². The second-order valence-corrected chi connectivity index (χ2v) is 8.68. The molecule has 2 aliphatic rings. The van der Waals surface area contributed by atoms with E-state index in [9.17, 15) is 9.90 Å². The smallest absolute Gasteiger partial charge is 0.253 e. The Labute approximate surface area is 174 Å². The summed E-state index contributed by atoms with van der Waals surface area (Å²) in [6.45, 7) is 3.41. The molecule has 1 unspecified atom stereocenters. The monoisotopic (exact) mass is 408 g/mol. The standard InChI is InChI=1S/C22H28N6O2/c1-14-5-4-6-15-13-18(22(30)23-19(14)15)20(27-11-9-17(29)10-12-27)21-24-25-26-28(21)16-7-2-3-8-16/h4-6,13,16-17,20,29H,2-3,7-12H2,1H3,(H,23,30). The van der Waals surface area contributed by atoms with E-state index in [0.717, 1.165) is 35.1 Å². The maximum absolute atomic E-state index is 13.3. The van der Waals surface area contributed by atoms with Crippen molar-refractivity contribution in [2.45, 2.75) is 63.6 Å². The van der Waals surface area contributed by atoms with E-state index in [1.54, 1.807) is 0 Å². The van der Waals surface area contributed by atoms with Crippen LogP contribution in [0.25, 0.3) is 10.9 Å². The van der Waals surface area contributed by atoms with E-state index >= 15 is 0 Å². The minimum Gasteiger partial charge on any atom is -0.393 e. The summed E-state index contributed by atoms with van der Waals surface area (Å²) in [7, 11) is 0. The summed E-state index contributed by atoms with van der Waals surface area (Å²) in [5, 5.41) is 23.8. The summed E-state index contributed by atoms with van der Waals surface area (Å²) in [6.07, 6.45) is 5.58. The fourth-order valence-corrected chi connectivity index (χ4v) is 5.04. The van der Waals surface area contributed by atoms with Crippen LogP contribution >= 0.6 is 0 Å². The SMILES string of the molecule is Cc1cccc2cc(C(c3nnnn3C3CCCC3)N3CCC(O)CC3)c(=O)[nH]c12. The lowest BCUT2D eigenvalue weighted by Gasteiger charge is -2.35. The number of hydrogen-bond acceptors (Lipinski definition) is 6. The van der Waals surface area contributed by atoms with Crippen LogP contribution in [-0.4, -0.2) is 54.4 Å². The average Bonchev–Trinajstić information content (AvgIpc) is 3.43. The number of aromatic nitrogens is 5. The van der Waals surface area contributed by atoms with Crippen molar-refractivity contribution in [3.8, 4) is 0 Å². The number of aryl methyl sites for hydroxylation is 1. The molecule has 1 aromatic carbocycles. The van der Waals surface area contributed by atoms with E-state index in [1.165, 1.54) is 12.8 Å². The van der Waals surface area contributed by atoms with Crippen molar-refractivity contribution in [1.29, 1.82) is 0 Å². The highest BCUT2D eigenvalue weighted by molar-refractivity contribution is 5.82. The number of pyridine rings is 1. The van der Waals surface area contributed by atoms with Crippen LogP contribution in [0.4, 0.5) is 0 Å². The van der Waals surface area contributed by atoms with Crippen molar-refractivity contribution in [1.82, 2.24) is 30.1 Å². The van der Waals surface area contributed by atoms with Crippen LogP contribution in [-0.2, 0) is 0 Å². The molecule has 0 amide bonds. The largest absolute Gasteiger partial charge is 0.393 e. The van der Waals surface area contributed by atoms with Crippen LogP contribution < -0.4 is 5.56 Å². The molecule has 8 heteroatoms. The van der Waals surface area contributed by atoms with Crippen LogP contribution in [0.15, 0.2) is 29.1 Å². The maximum Gasteiger partial charge on any atom is 0.253 e. The highest BCUT2D eigenvalue weighted by atomic mass is 16.3. The highest BCUT2D eigenvalue weighted by Crippen LogP contribution is 2.34. The number of benzene rings is 1. The Kier molecular flexibility index (Phi) is 5.12. The zero-order chi connectivity index (χ0) is 20.7. The molecule has 8 nitrogen and oxygen atoms in total. The summed E-state index contributed by atoms with van der Waals surface area (Å²) in [6, 6.07) is 7.98. The van der Waals surface area contributed by atoms with Gasteiger partial charge in [-0.25, -0.2) is 4.68 Å². The number of nitrogens with zero attached hydrogens (tertiary/aromatic N) is 5. The lowest BCUT2D eigenvalue weighted by Crippen LogP contribution is -2.42. The first-order valence-electron chi connectivity index (χ1n) is 10.9. The third-order valence-corrected chi connectivity index (χ3v) is 6.71. The third-order valence-electron chi connectivity index (χ3n) is 6.71. The number of piperidine rings is 1. The fourth-order valence-electron chi connectivity index (χ4n) is 5.04. The molecular weight excluding hydrogens is 380 g/mol. The molecule has 1 atom stereocenters. The van der Waals surface area contributed by atoms with Gasteiger partial charge in [-0.15, -0.1) is 5.10 Å². The number of nitrogens with one attached hydrogen (secondary N) is 1. The van der Waals surface area contributed by atoms with Gasteiger partial charge in [-0.05, 0) is 60.0 Å². The molecular formula is C22H28N6O2. The van der Waals surface area contributed by atoms with Crippen LogP contribution in [0.2, 0.25) is 0 Å². The molecule has 1 aliphatic carbocycles. The number of aliphatic hydroxyl groups is 1. The summed E-state index contributed by atoms with van der Waals surface area (Å²) >= 11 is 0. The average molecular weight is 409 g/mol. The molecule has 2 fully saturated rings. The number of tetrazole rings is 1. The van der Waals surface area contributed by atoms with Gasteiger partial charge in [-0.2, -0.15) is 0 Å². The van der Waals surface area contributed by atoms with Gasteiger partial charge in [0.25, 0.3) is 5.56 Å². The molecule has 5 rings (SSSR count). The Morgan fingerprint density at radius 1 is 1.17 bits per heavy atom. The van der Waals surface area contributed by atoms with Crippen molar-refractivity contribution in [2.24, 2.45) is 0 Å². The van der Waals surface area contributed by atoms with E-state index < -0.39 is 0 Å². The summed E-state index contributed by atoms with van der Waals surface area (Å²) in [4.78, 5) is 18.6. The van der Waals surface area contributed by atoms with Crippen LogP contribution in [0, 0.1) is 6.92 Å². The van der Waals surface area contributed by atoms with Crippen molar-refractivity contribution < 1.29 is 5.11 Å². The number of aliphatic hydroxyl groups excluding tert-OH is 1. The second-order valence-electron chi connectivity index (χ2n) is 8.68. The fraction of sp³-hybridized carbons (Fsp3) is 0.545. The summed E-state index contributed by atoms with van der Waals surface area (Å²) in [5.41, 5.74) is 2.48. The summed E-state index contributed by atoms with van der Waals surface area (Å²) in [5.74, 6) is 0.732. The number of rotatable bonds is 4. The first kappa shape index (κ1) is 19.4. The van der Waals surface area contributed by atoms with Gasteiger partial charge in [0.1, 0.15) is 6.04 Å². The quantitative estimate of drug-likeness (QED) is 0.688. The minimum absolute atomic E-state index is 0.103. The first-order chi connectivity index (χ1) is 14.6. The van der Waals surface area contributed by atoms with Crippen molar-refractivity contribution in [3.05, 3.63) is 51.6 Å². The molecule has 1 saturated carbocycles. The molecule has 1 saturated heterocycles. The lowest BCUT2D eigenvalue weighted by molar-refractivity contribution is 0.0654. The van der Waals surface area contributed by atoms with Gasteiger partial charge in [-0.1, -0.05) is 31.0 Å². The number of H-pyrrole nitrogens is 1. The zero-order valence-electron chi connectivity index (χ0n) is 17.3.